The first-order chi connectivity index (χ1) is 12.4. The predicted octanol–water partition coefficient (Wildman–Crippen LogP) is 2.52. The highest BCUT2D eigenvalue weighted by Gasteiger charge is 2.53. The first-order valence-electron chi connectivity index (χ1n) is 9.02. The van der Waals surface area contributed by atoms with Gasteiger partial charge in [0.2, 0.25) is 5.43 Å². The first kappa shape index (κ1) is 18.3. The van der Waals surface area contributed by atoms with Crippen molar-refractivity contribution in [2.75, 3.05) is 18.0 Å². The average Bonchev–Trinajstić information content (AvgIpc) is 3.48. The molecule has 0 bridgehead atoms. The Morgan fingerprint density at radius 1 is 1.30 bits per heavy atom. The van der Waals surface area contributed by atoms with Crippen LogP contribution in [-0.2, 0) is 0 Å². The number of hydrogen-bond acceptors (Lipinski definition) is 4. The average molecular weight is 394 g/mol. The number of nitrogens with zero attached hydrogens (tertiary/aromatic N) is 2. The summed E-state index contributed by atoms with van der Waals surface area (Å²) in [7, 11) is 0. The van der Waals surface area contributed by atoms with Crippen LogP contribution in [0.1, 0.15) is 42.1 Å². The van der Waals surface area contributed by atoms with E-state index in [9.17, 15) is 19.1 Å². The van der Waals surface area contributed by atoms with Gasteiger partial charge in [-0.3, -0.25) is 4.79 Å². The number of aromatic nitrogens is 1. The molecule has 1 aromatic heterocycles. The lowest BCUT2D eigenvalue weighted by Gasteiger charge is -2.21. The maximum Gasteiger partial charge on any atom is 0.341 e. The van der Waals surface area contributed by atoms with E-state index in [0.29, 0.717) is 17.7 Å². The molecule has 1 atom stereocenters. The molecular formula is C19H21ClFN3O3. The summed E-state index contributed by atoms with van der Waals surface area (Å²) in [5.74, 6) is -1.78. The summed E-state index contributed by atoms with van der Waals surface area (Å²) in [6.07, 6.45) is 5.43. The highest BCUT2D eigenvalue weighted by Crippen LogP contribution is 2.53. The van der Waals surface area contributed by atoms with E-state index in [4.69, 9.17) is 5.73 Å². The Labute approximate surface area is 161 Å². The zero-order valence-corrected chi connectivity index (χ0v) is 15.5. The maximum absolute atomic E-state index is 14.9. The number of nitrogens with two attached hydrogens (primary N) is 1. The quantitative estimate of drug-likeness (QED) is 0.836. The van der Waals surface area contributed by atoms with Crippen molar-refractivity contribution >= 4 is 35.0 Å². The number of pyridine rings is 1. The number of carboxylic acid groups (broad SMARTS) is 1. The SMILES string of the molecule is Cl.NC1CN(c2cc3c(cc2F)c(=O)c(C(=O)O)cn3C2CC2)CC12CC2. The van der Waals surface area contributed by atoms with E-state index in [1.807, 2.05) is 9.47 Å². The fourth-order valence-electron chi connectivity index (χ4n) is 4.27. The minimum atomic E-state index is -1.28. The number of carboxylic acids is 1. The van der Waals surface area contributed by atoms with E-state index in [1.54, 1.807) is 6.07 Å². The van der Waals surface area contributed by atoms with Crippen LogP contribution in [-0.4, -0.2) is 34.8 Å². The lowest BCUT2D eigenvalue weighted by molar-refractivity contribution is 0.0695. The summed E-state index contributed by atoms with van der Waals surface area (Å²) in [5.41, 5.74) is 6.47. The molecule has 1 spiro atoms. The Hall–Kier alpha value is -2.12. The van der Waals surface area contributed by atoms with Gasteiger partial charge in [-0.25, -0.2) is 9.18 Å². The van der Waals surface area contributed by atoms with E-state index in [-0.39, 0.29) is 40.9 Å². The minimum Gasteiger partial charge on any atom is -0.477 e. The van der Waals surface area contributed by atoms with Crippen molar-refractivity contribution in [3.8, 4) is 0 Å². The van der Waals surface area contributed by atoms with Gasteiger partial charge in [-0.1, -0.05) is 0 Å². The fourth-order valence-corrected chi connectivity index (χ4v) is 4.27. The van der Waals surface area contributed by atoms with Crippen molar-refractivity contribution in [3.63, 3.8) is 0 Å². The fraction of sp³-hybridized carbons (Fsp3) is 0.474. The molecule has 0 radical (unpaired) electrons. The van der Waals surface area contributed by atoms with Crippen molar-refractivity contribution in [2.45, 2.75) is 37.8 Å². The Bertz CT molecular complexity index is 1010. The molecule has 1 unspecified atom stereocenters. The van der Waals surface area contributed by atoms with Crippen LogP contribution in [0.2, 0.25) is 0 Å². The molecular weight excluding hydrogens is 373 g/mol. The summed E-state index contributed by atoms with van der Waals surface area (Å²) in [6, 6.07) is 3.11. The highest BCUT2D eigenvalue weighted by molar-refractivity contribution is 5.93. The number of aromatic carboxylic acids is 1. The molecule has 3 fully saturated rings. The standard InChI is InChI=1S/C19H20FN3O3.ClH/c20-13-5-11-14(6-15(13)22-8-16(21)19(9-22)3-4-19)23(10-1-2-10)7-12(17(11)24)18(25)26;/h5-7,10,16H,1-4,8-9,21H2,(H,25,26);1H. The molecule has 1 aromatic carbocycles. The second-order valence-corrected chi connectivity index (χ2v) is 7.99. The highest BCUT2D eigenvalue weighted by atomic mass is 35.5. The number of rotatable bonds is 3. The Kier molecular flexibility index (Phi) is 4.01. The molecule has 5 rings (SSSR count). The predicted molar refractivity (Wildman–Crippen MR) is 102 cm³/mol. The minimum absolute atomic E-state index is 0. The topological polar surface area (TPSA) is 88.6 Å². The van der Waals surface area contributed by atoms with Gasteiger partial charge in [-0.05, 0) is 37.8 Å². The third-order valence-corrected chi connectivity index (χ3v) is 6.21. The van der Waals surface area contributed by atoms with Crippen molar-refractivity contribution in [2.24, 2.45) is 11.1 Å². The van der Waals surface area contributed by atoms with Gasteiger partial charge < -0.3 is 20.3 Å². The third-order valence-electron chi connectivity index (χ3n) is 6.21. The Morgan fingerprint density at radius 3 is 2.56 bits per heavy atom. The Morgan fingerprint density at radius 2 is 2.00 bits per heavy atom. The molecule has 2 aromatic rings. The third kappa shape index (κ3) is 2.72. The van der Waals surface area contributed by atoms with Gasteiger partial charge in [0, 0.05) is 42.2 Å². The van der Waals surface area contributed by atoms with E-state index in [2.05, 4.69) is 0 Å². The second-order valence-electron chi connectivity index (χ2n) is 7.99. The second kappa shape index (κ2) is 5.94. The number of hydrogen-bond donors (Lipinski definition) is 2. The van der Waals surface area contributed by atoms with Gasteiger partial charge >= 0.3 is 5.97 Å². The van der Waals surface area contributed by atoms with Gasteiger partial charge in [0.05, 0.1) is 11.2 Å². The van der Waals surface area contributed by atoms with Crippen LogP contribution >= 0.6 is 12.4 Å². The smallest absolute Gasteiger partial charge is 0.341 e. The molecule has 1 saturated heterocycles. The van der Waals surface area contributed by atoms with Crippen molar-refractivity contribution in [3.05, 3.63) is 39.9 Å². The molecule has 2 aliphatic carbocycles. The zero-order chi connectivity index (χ0) is 18.2. The lowest BCUT2D eigenvalue weighted by atomic mass is 10.0. The summed E-state index contributed by atoms with van der Waals surface area (Å²) in [5, 5.41) is 9.44. The normalized spacial score (nSPS) is 22.9. The maximum atomic E-state index is 14.9. The van der Waals surface area contributed by atoms with Gasteiger partial charge in [0.15, 0.2) is 0 Å². The molecule has 3 N–H and O–H groups in total. The van der Waals surface area contributed by atoms with E-state index < -0.39 is 17.2 Å². The summed E-state index contributed by atoms with van der Waals surface area (Å²) in [4.78, 5) is 25.9. The number of benzene rings is 1. The van der Waals surface area contributed by atoms with Gasteiger partial charge in [0.25, 0.3) is 0 Å². The number of carbonyl (C=O) groups is 1. The van der Waals surface area contributed by atoms with E-state index >= 15 is 0 Å². The largest absolute Gasteiger partial charge is 0.477 e. The van der Waals surface area contributed by atoms with Gasteiger partial charge in [-0.2, -0.15) is 0 Å². The van der Waals surface area contributed by atoms with Crippen molar-refractivity contribution in [1.82, 2.24) is 4.57 Å². The van der Waals surface area contributed by atoms with Crippen molar-refractivity contribution < 1.29 is 14.3 Å². The summed E-state index contributed by atoms with van der Waals surface area (Å²) >= 11 is 0. The van der Waals surface area contributed by atoms with Crippen molar-refractivity contribution in [1.29, 1.82) is 0 Å². The molecule has 0 amide bonds. The zero-order valence-electron chi connectivity index (χ0n) is 14.7. The molecule has 144 valence electrons. The summed E-state index contributed by atoms with van der Waals surface area (Å²) < 4.78 is 16.7. The number of fused-ring (bicyclic) bond motifs is 1. The molecule has 1 aliphatic heterocycles. The van der Waals surface area contributed by atoms with Crippen LogP contribution in [0.15, 0.2) is 23.1 Å². The van der Waals surface area contributed by atoms with Gasteiger partial charge in [-0.15, -0.1) is 12.4 Å². The Balaban J connectivity index is 0.00000180. The van der Waals surface area contributed by atoms with Crippen LogP contribution < -0.4 is 16.1 Å². The molecule has 3 aliphatic rings. The molecule has 2 heterocycles. The van der Waals surface area contributed by atoms with Gasteiger partial charge in [0.1, 0.15) is 11.4 Å². The van der Waals surface area contributed by atoms with Crippen LogP contribution in [0.4, 0.5) is 10.1 Å². The van der Waals surface area contributed by atoms with Crippen LogP contribution in [0.3, 0.4) is 0 Å². The van der Waals surface area contributed by atoms with Crippen LogP contribution in [0.25, 0.3) is 10.9 Å². The van der Waals surface area contributed by atoms with E-state index in [1.165, 1.54) is 12.3 Å². The monoisotopic (exact) mass is 393 g/mol. The first-order valence-corrected chi connectivity index (χ1v) is 9.02. The molecule has 6 nitrogen and oxygen atoms in total. The number of halogens is 2. The lowest BCUT2D eigenvalue weighted by Crippen LogP contribution is -2.30. The van der Waals surface area contributed by atoms with Crippen LogP contribution in [0, 0.1) is 11.2 Å². The molecule has 2 saturated carbocycles. The molecule has 8 heteroatoms. The van der Waals surface area contributed by atoms with Crippen LogP contribution in [0.5, 0.6) is 0 Å². The molecule has 27 heavy (non-hydrogen) atoms. The van der Waals surface area contributed by atoms with E-state index in [0.717, 1.165) is 32.2 Å². The summed E-state index contributed by atoms with van der Waals surface area (Å²) in [6.45, 7) is 1.33. The number of anilines is 1.